The minimum atomic E-state index is -0.230. The van der Waals surface area contributed by atoms with Crippen LogP contribution in [-0.2, 0) is 14.3 Å². The maximum Gasteiger partial charge on any atom is 0.307 e. The number of hydrogen-bond donors (Lipinski definition) is 1. The highest BCUT2D eigenvalue weighted by Crippen LogP contribution is 2.06. The van der Waals surface area contributed by atoms with Gasteiger partial charge in [-0.2, -0.15) is 0 Å². The SMILES string of the molecule is CNC(=O)C(C)CN(C)C(C)CC(=O)OC. The molecule has 0 aromatic rings. The van der Waals surface area contributed by atoms with Gasteiger partial charge in [0, 0.05) is 25.6 Å². The van der Waals surface area contributed by atoms with Crippen LogP contribution < -0.4 is 5.32 Å². The molecule has 5 heteroatoms. The number of nitrogens with zero attached hydrogens (tertiary/aromatic N) is 1. The number of ether oxygens (including phenoxy) is 1. The molecular weight excluding hydrogens is 208 g/mol. The van der Waals surface area contributed by atoms with E-state index in [0.717, 1.165) is 0 Å². The molecule has 1 N–H and O–H groups in total. The Balaban J connectivity index is 4.09. The van der Waals surface area contributed by atoms with Crippen molar-refractivity contribution in [1.29, 1.82) is 0 Å². The molecule has 0 aliphatic heterocycles. The van der Waals surface area contributed by atoms with Crippen molar-refractivity contribution in [2.45, 2.75) is 26.3 Å². The fourth-order valence-electron chi connectivity index (χ4n) is 1.42. The fourth-order valence-corrected chi connectivity index (χ4v) is 1.42. The predicted molar refractivity (Wildman–Crippen MR) is 62.0 cm³/mol. The molecule has 16 heavy (non-hydrogen) atoms. The molecule has 0 rings (SSSR count). The van der Waals surface area contributed by atoms with Gasteiger partial charge in [0.1, 0.15) is 0 Å². The first-order valence-corrected chi connectivity index (χ1v) is 5.41. The summed E-state index contributed by atoms with van der Waals surface area (Å²) in [6, 6.07) is 0.0690. The van der Waals surface area contributed by atoms with E-state index >= 15 is 0 Å². The van der Waals surface area contributed by atoms with E-state index in [1.54, 1.807) is 7.05 Å². The summed E-state index contributed by atoms with van der Waals surface area (Å²) in [5.74, 6) is -0.306. The molecule has 0 aliphatic carbocycles. The van der Waals surface area contributed by atoms with Crippen LogP contribution >= 0.6 is 0 Å². The van der Waals surface area contributed by atoms with Crippen LogP contribution in [0.4, 0.5) is 0 Å². The van der Waals surface area contributed by atoms with Crippen molar-refractivity contribution in [2.24, 2.45) is 5.92 Å². The third-order valence-electron chi connectivity index (χ3n) is 2.70. The number of nitrogens with one attached hydrogen (secondary N) is 1. The molecule has 0 radical (unpaired) electrons. The third-order valence-corrected chi connectivity index (χ3v) is 2.70. The van der Waals surface area contributed by atoms with Crippen molar-refractivity contribution in [1.82, 2.24) is 10.2 Å². The van der Waals surface area contributed by atoms with E-state index in [9.17, 15) is 9.59 Å². The van der Waals surface area contributed by atoms with Gasteiger partial charge in [-0.25, -0.2) is 0 Å². The molecule has 5 nitrogen and oxygen atoms in total. The second kappa shape index (κ2) is 7.22. The van der Waals surface area contributed by atoms with Gasteiger partial charge in [0.05, 0.1) is 13.5 Å². The lowest BCUT2D eigenvalue weighted by Crippen LogP contribution is -2.39. The van der Waals surface area contributed by atoms with E-state index in [4.69, 9.17) is 0 Å². The molecule has 0 bridgehead atoms. The van der Waals surface area contributed by atoms with Gasteiger partial charge in [-0.05, 0) is 14.0 Å². The zero-order valence-electron chi connectivity index (χ0n) is 10.7. The van der Waals surface area contributed by atoms with Gasteiger partial charge < -0.3 is 15.0 Å². The standard InChI is InChI=1S/C11H22N2O3/c1-8(11(15)12-3)7-13(4)9(2)6-10(14)16-5/h8-9H,6-7H2,1-5H3,(H,12,15). The molecule has 2 atom stereocenters. The summed E-state index contributed by atoms with van der Waals surface area (Å²) in [4.78, 5) is 24.4. The van der Waals surface area contributed by atoms with Crippen molar-refractivity contribution >= 4 is 11.9 Å². The second-order valence-electron chi connectivity index (χ2n) is 4.08. The predicted octanol–water partition coefficient (Wildman–Crippen LogP) is 0.252. The summed E-state index contributed by atoms with van der Waals surface area (Å²) >= 11 is 0. The summed E-state index contributed by atoms with van der Waals surface area (Å²) < 4.78 is 4.60. The highest BCUT2D eigenvalue weighted by molar-refractivity contribution is 5.78. The first kappa shape index (κ1) is 14.9. The maximum atomic E-state index is 11.3. The van der Waals surface area contributed by atoms with E-state index in [0.29, 0.717) is 13.0 Å². The highest BCUT2D eigenvalue weighted by Gasteiger charge is 2.19. The molecule has 0 aliphatic rings. The number of rotatable bonds is 6. The molecule has 2 unspecified atom stereocenters. The summed E-state index contributed by atoms with van der Waals surface area (Å²) in [6.45, 7) is 4.42. The lowest BCUT2D eigenvalue weighted by Gasteiger charge is -2.26. The number of carbonyl (C=O) groups is 2. The van der Waals surface area contributed by atoms with Crippen LogP contribution in [-0.4, -0.2) is 50.6 Å². The van der Waals surface area contributed by atoms with E-state index in [-0.39, 0.29) is 23.8 Å². The molecule has 94 valence electrons. The number of esters is 1. The summed E-state index contributed by atoms with van der Waals surface area (Å²) in [5, 5.41) is 2.60. The Morgan fingerprint density at radius 1 is 1.38 bits per heavy atom. The van der Waals surface area contributed by atoms with Crippen LogP contribution in [0.5, 0.6) is 0 Å². The normalized spacial score (nSPS) is 14.4. The van der Waals surface area contributed by atoms with Crippen molar-refractivity contribution in [3.63, 3.8) is 0 Å². The van der Waals surface area contributed by atoms with Crippen LogP contribution in [0, 0.1) is 5.92 Å². The largest absolute Gasteiger partial charge is 0.469 e. The summed E-state index contributed by atoms with van der Waals surface area (Å²) in [6.07, 6.45) is 0.341. The van der Waals surface area contributed by atoms with Gasteiger partial charge in [0.25, 0.3) is 0 Å². The van der Waals surface area contributed by atoms with E-state index in [1.807, 2.05) is 25.8 Å². The number of hydrogen-bond acceptors (Lipinski definition) is 4. The van der Waals surface area contributed by atoms with Crippen molar-refractivity contribution in [3.8, 4) is 0 Å². The molecule has 0 fully saturated rings. The van der Waals surface area contributed by atoms with Crippen LogP contribution in [0.15, 0.2) is 0 Å². The zero-order chi connectivity index (χ0) is 12.7. The Labute approximate surface area is 97.1 Å². The quantitative estimate of drug-likeness (QED) is 0.665. The molecule has 0 saturated heterocycles. The van der Waals surface area contributed by atoms with Gasteiger partial charge >= 0.3 is 5.97 Å². The first-order valence-electron chi connectivity index (χ1n) is 5.41. The van der Waals surface area contributed by atoms with E-state index in [2.05, 4.69) is 10.1 Å². The van der Waals surface area contributed by atoms with Gasteiger partial charge in [0.15, 0.2) is 0 Å². The lowest BCUT2D eigenvalue weighted by molar-refractivity contribution is -0.141. The molecule has 1 amide bonds. The molecule has 0 saturated carbocycles. The Bertz CT molecular complexity index is 243. The van der Waals surface area contributed by atoms with Gasteiger partial charge in [-0.1, -0.05) is 6.92 Å². The number of amides is 1. The van der Waals surface area contributed by atoms with Crippen molar-refractivity contribution in [2.75, 3.05) is 27.7 Å². The molecule has 0 aromatic heterocycles. The minimum absolute atomic E-state index is 0.0112. The average molecular weight is 230 g/mol. The van der Waals surface area contributed by atoms with Crippen LogP contribution in [0.3, 0.4) is 0 Å². The van der Waals surface area contributed by atoms with Crippen LogP contribution in [0.2, 0.25) is 0 Å². The monoisotopic (exact) mass is 230 g/mol. The van der Waals surface area contributed by atoms with E-state index < -0.39 is 0 Å². The Morgan fingerprint density at radius 3 is 2.38 bits per heavy atom. The number of carbonyl (C=O) groups excluding carboxylic acids is 2. The summed E-state index contributed by atoms with van der Waals surface area (Å²) in [7, 11) is 4.89. The number of methoxy groups -OCH3 is 1. The smallest absolute Gasteiger partial charge is 0.307 e. The zero-order valence-corrected chi connectivity index (χ0v) is 10.7. The minimum Gasteiger partial charge on any atom is -0.469 e. The van der Waals surface area contributed by atoms with Crippen LogP contribution in [0.25, 0.3) is 0 Å². The fraction of sp³-hybridized carbons (Fsp3) is 0.818. The average Bonchev–Trinajstić information content (AvgIpc) is 2.27. The highest BCUT2D eigenvalue weighted by atomic mass is 16.5. The van der Waals surface area contributed by atoms with E-state index in [1.165, 1.54) is 7.11 Å². The van der Waals surface area contributed by atoms with Gasteiger partial charge in [-0.3, -0.25) is 9.59 Å². The second-order valence-corrected chi connectivity index (χ2v) is 4.08. The topological polar surface area (TPSA) is 58.6 Å². The lowest BCUT2D eigenvalue weighted by atomic mass is 10.1. The van der Waals surface area contributed by atoms with Gasteiger partial charge in [0.2, 0.25) is 5.91 Å². The third kappa shape index (κ3) is 5.11. The molecule has 0 aromatic carbocycles. The van der Waals surface area contributed by atoms with Crippen molar-refractivity contribution in [3.05, 3.63) is 0 Å². The Hall–Kier alpha value is -1.10. The van der Waals surface area contributed by atoms with Gasteiger partial charge in [-0.15, -0.1) is 0 Å². The Morgan fingerprint density at radius 2 is 1.94 bits per heavy atom. The molecule has 0 heterocycles. The Kier molecular flexibility index (Phi) is 6.72. The molecule has 0 spiro atoms. The maximum absolute atomic E-state index is 11.3. The first-order chi connectivity index (χ1) is 7.42. The van der Waals surface area contributed by atoms with Crippen LogP contribution in [0.1, 0.15) is 20.3 Å². The molecular formula is C11H22N2O3. The van der Waals surface area contributed by atoms with Crippen molar-refractivity contribution < 1.29 is 14.3 Å². The summed E-state index contributed by atoms with van der Waals surface area (Å²) in [5.41, 5.74) is 0.